The van der Waals surface area contributed by atoms with Crippen molar-refractivity contribution in [3.8, 4) is 15.6 Å². The molecule has 2 aromatic rings. The van der Waals surface area contributed by atoms with Gasteiger partial charge in [-0.15, -0.1) is 0 Å². The SMILES string of the molecule is CC(C)(C)OC(=O)N1CCCC(COc2ncc(-c3ccc(S(C)(=O)=O)cc3)s2)C1. The molecule has 1 atom stereocenters. The maximum absolute atomic E-state index is 12.3. The van der Waals surface area contributed by atoms with E-state index in [4.69, 9.17) is 9.47 Å². The molecule has 1 aliphatic rings. The summed E-state index contributed by atoms with van der Waals surface area (Å²) in [5, 5.41) is 0.562. The third-order valence-electron chi connectivity index (χ3n) is 4.66. The Bertz CT molecular complexity index is 978. The Labute approximate surface area is 181 Å². The Morgan fingerprint density at radius 1 is 1.27 bits per heavy atom. The van der Waals surface area contributed by atoms with Gasteiger partial charge in [0.05, 0.1) is 16.4 Å². The monoisotopic (exact) mass is 452 g/mol. The summed E-state index contributed by atoms with van der Waals surface area (Å²) in [4.78, 5) is 19.6. The largest absolute Gasteiger partial charge is 0.470 e. The molecule has 2 heterocycles. The van der Waals surface area contributed by atoms with Crippen molar-refractivity contribution in [3.63, 3.8) is 0 Å². The molecular weight excluding hydrogens is 424 g/mol. The Morgan fingerprint density at radius 3 is 2.60 bits per heavy atom. The number of sulfone groups is 1. The molecule has 1 unspecified atom stereocenters. The summed E-state index contributed by atoms with van der Waals surface area (Å²) in [7, 11) is -3.21. The number of hydrogen-bond acceptors (Lipinski definition) is 7. The van der Waals surface area contributed by atoms with Crippen LogP contribution in [0.1, 0.15) is 33.6 Å². The van der Waals surface area contributed by atoms with Crippen LogP contribution in [0, 0.1) is 5.92 Å². The molecule has 1 aliphatic heterocycles. The fourth-order valence-corrected chi connectivity index (χ4v) is 4.62. The van der Waals surface area contributed by atoms with Crippen molar-refractivity contribution in [3.05, 3.63) is 30.5 Å². The van der Waals surface area contributed by atoms with Crippen molar-refractivity contribution >= 4 is 27.3 Å². The lowest BCUT2D eigenvalue weighted by Crippen LogP contribution is -2.44. The third kappa shape index (κ3) is 6.18. The first-order valence-electron chi connectivity index (χ1n) is 9.88. The molecule has 0 N–H and O–H groups in total. The van der Waals surface area contributed by atoms with Crippen LogP contribution in [-0.2, 0) is 14.6 Å². The summed E-state index contributed by atoms with van der Waals surface area (Å²) in [6, 6.07) is 6.73. The number of rotatable bonds is 5. The minimum absolute atomic E-state index is 0.229. The van der Waals surface area contributed by atoms with E-state index in [1.54, 1.807) is 35.4 Å². The molecule has 7 nitrogen and oxygen atoms in total. The van der Waals surface area contributed by atoms with E-state index >= 15 is 0 Å². The fourth-order valence-electron chi connectivity index (χ4n) is 3.21. The van der Waals surface area contributed by atoms with E-state index in [0.717, 1.165) is 23.3 Å². The Hall–Kier alpha value is -2.13. The summed E-state index contributed by atoms with van der Waals surface area (Å²) in [6.45, 7) is 7.40. The topological polar surface area (TPSA) is 85.8 Å². The zero-order valence-electron chi connectivity index (χ0n) is 17.8. The van der Waals surface area contributed by atoms with Crippen molar-refractivity contribution in [2.75, 3.05) is 26.0 Å². The van der Waals surface area contributed by atoms with Gasteiger partial charge in [-0.05, 0) is 51.3 Å². The van der Waals surface area contributed by atoms with Gasteiger partial charge in [0.25, 0.3) is 5.19 Å². The zero-order valence-corrected chi connectivity index (χ0v) is 19.4. The van der Waals surface area contributed by atoms with Crippen LogP contribution in [0.5, 0.6) is 5.19 Å². The van der Waals surface area contributed by atoms with E-state index in [2.05, 4.69) is 4.98 Å². The number of carbonyl (C=O) groups is 1. The molecule has 1 fully saturated rings. The second kappa shape index (κ2) is 8.93. The van der Waals surface area contributed by atoms with Gasteiger partial charge in [0.1, 0.15) is 5.60 Å². The van der Waals surface area contributed by atoms with E-state index < -0.39 is 15.4 Å². The molecule has 0 aliphatic carbocycles. The zero-order chi connectivity index (χ0) is 21.9. The van der Waals surface area contributed by atoms with Crippen LogP contribution in [0.4, 0.5) is 4.79 Å². The average Bonchev–Trinajstić information content (AvgIpc) is 3.14. The third-order valence-corrected chi connectivity index (χ3v) is 6.75. The highest BCUT2D eigenvalue weighted by Gasteiger charge is 2.28. The van der Waals surface area contributed by atoms with Gasteiger partial charge < -0.3 is 14.4 Å². The van der Waals surface area contributed by atoms with Gasteiger partial charge in [0.15, 0.2) is 9.84 Å². The summed E-state index contributed by atoms with van der Waals surface area (Å²) >= 11 is 1.41. The van der Waals surface area contributed by atoms with Gasteiger partial charge in [-0.3, -0.25) is 0 Å². The number of thiazole rings is 1. The van der Waals surface area contributed by atoms with Gasteiger partial charge in [-0.2, -0.15) is 0 Å². The van der Waals surface area contributed by atoms with Crippen molar-refractivity contribution in [1.82, 2.24) is 9.88 Å². The van der Waals surface area contributed by atoms with Gasteiger partial charge in [-0.1, -0.05) is 23.5 Å². The Balaban J connectivity index is 1.56. The van der Waals surface area contributed by atoms with Crippen molar-refractivity contribution in [2.24, 2.45) is 5.92 Å². The van der Waals surface area contributed by atoms with Crippen LogP contribution in [-0.4, -0.2) is 55.9 Å². The van der Waals surface area contributed by atoms with E-state index in [1.807, 2.05) is 20.8 Å². The molecule has 1 aromatic heterocycles. The molecule has 0 spiro atoms. The Morgan fingerprint density at radius 2 is 1.97 bits per heavy atom. The second-order valence-corrected chi connectivity index (χ2v) is 11.5. The van der Waals surface area contributed by atoms with Crippen LogP contribution in [0.15, 0.2) is 35.4 Å². The molecule has 1 saturated heterocycles. The van der Waals surface area contributed by atoms with E-state index in [-0.39, 0.29) is 12.0 Å². The lowest BCUT2D eigenvalue weighted by Gasteiger charge is -2.33. The molecule has 9 heteroatoms. The number of likely N-dealkylation sites (tertiary alicyclic amines) is 1. The average molecular weight is 453 g/mol. The molecule has 0 saturated carbocycles. The molecular formula is C21H28N2O5S2. The van der Waals surface area contributed by atoms with Crippen LogP contribution in [0.2, 0.25) is 0 Å². The predicted molar refractivity (Wildman–Crippen MR) is 117 cm³/mol. The quantitative estimate of drug-likeness (QED) is 0.674. The lowest BCUT2D eigenvalue weighted by molar-refractivity contribution is 0.0139. The molecule has 30 heavy (non-hydrogen) atoms. The Kier molecular flexibility index (Phi) is 6.71. The van der Waals surface area contributed by atoms with Crippen LogP contribution in [0.25, 0.3) is 10.4 Å². The maximum Gasteiger partial charge on any atom is 0.410 e. The minimum Gasteiger partial charge on any atom is -0.470 e. The number of amides is 1. The fraction of sp³-hybridized carbons (Fsp3) is 0.524. The molecule has 164 valence electrons. The van der Waals surface area contributed by atoms with E-state index in [0.29, 0.717) is 29.8 Å². The van der Waals surface area contributed by atoms with E-state index in [9.17, 15) is 13.2 Å². The summed E-state index contributed by atoms with van der Waals surface area (Å²) in [6.07, 6.45) is 4.55. The lowest BCUT2D eigenvalue weighted by atomic mass is 9.99. The molecule has 1 aromatic carbocycles. The molecule has 1 amide bonds. The first kappa shape index (κ1) is 22.6. The highest BCUT2D eigenvalue weighted by molar-refractivity contribution is 7.90. The highest BCUT2D eigenvalue weighted by atomic mass is 32.2. The molecule has 3 rings (SSSR count). The number of ether oxygens (including phenoxy) is 2. The number of benzene rings is 1. The number of carbonyl (C=O) groups excluding carboxylic acids is 1. The molecule has 0 radical (unpaired) electrons. The summed E-state index contributed by atoms with van der Waals surface area (Å²) in [5.41, 5.74) is 0.390. The van der Waals surface area contributed by atoms with Crippen molar-refractivity contribution in [1.29, 1.82) is 0 Å². The number of nitrogens with zero attached hydrogens (tertiary/aromatic N) is 2. The number of piperidine rings is 1. The minimum atomic E-state index is -3.21. The predicted octanol–water partition coefficient (Wildman–Crippen LogP) is 4.24. The van der Waals surface area contributed by atoms with Crippen molar-refractivity contribution in [2.45, 2.75) is 44.1 Å². The summed E-state index contributed by atoms with van der Waals surface area (Å²) in [5.74, 6) is 0.229. The number of aromatic nitrogens is 1. The van der Waals surface area contributed by atoms with Crippen LogP contribution in [0.3, 0.4) is 0 Å². The van der Waals surface area contributed by atoms with Gasteiger partial charge >= 0.3 is 6.09 Å². The maximum atomic E-state index is 12.3. The van der Waals surface area contributed by atoms with Crippen LogP contribution >= 0.6 is 11.3 Å². The second-order valence-electron chi connectivity index (χ2n) is 8.53. The standard InChI is InChI=1S/C21H28N2O5S2/c1-21(2,3)28-20(24)23-11-5-6-15(13-23)14-27-19-22-12-18(29-19)16-7-9-17(10-8-16)30(4,25)26/h7-10,12,15H,5-6,11,13-14H2,1-4H3. The number of hydrogen-bond donors (Lipinski definition) is 0. The van der Waals surface area contributed by atoms with Crippen molar-refractivity contribution < 1.29 is 22.7 Å². The van der Waals surface area contributed by atoms with Gasteiger partial charge in [-0.25, -0.2) is 18.2 Å². The first-order valence-corrected chi connectivity index (χ1v) is 12.6. The van der Waals surface area contributed by atoms with E-state index in [1.165, 1.54) is 17.6 Å². The highest BCUT2D eigenvalue weighted by Crippen LogP contribution is 2.31. The first-order chi connectivity index (χ1) is 14.0. The van der Waals surface area contributed by atoms with Crippen LogP contribution < -0.4 is 4.74 Å². The smallest absolute Gasteiger partial charge is 0.410 e. The van der Waals surface area contributed by atoms with Gasteiger partial charge in [0, 0.05) is 31.5 Å². The normalized spacial score (nSPS) is 17.6. The van der Waals surface area contributed by atoms with Gasteiger partial charge in [0.2, 0.25) is 0 Å². The summed E-state index contributed by atoms with van der Waals surface area (Å²) < 4.78 is 34.5. The molecule has 0 bridgehead atoms.